The lowest BCUT2D eigenvalue weighted by Crippen LogP contribution is -2.59. The Bertz CT molecular complexity index is 704. The van der Waals surface area contributed by atoms with Crippen molar-refractivity contribution in [1.82, 2.24) is 4.90 Å². The molecule has 30 heavy (non-hydrogen) atoms. The van der Waals surface area contributed by atoms with E-state index in [0.29, 0.717) is 0 Å². The van der Waals surface area contributed by atoms with Gasteiger partial charge in [0.05, 0.1) is 14.2 Å². The number of piperidine rings is 1. The Morgan fingerprint density at radius 2 is 1.40 bits per heavy atom. The molecular weight excluding hydrogens is 406 g/mol. The molecule has 12 nitrogen and oxygen atoms in total. The van der Waals surface area contributed by atoms with Crippen LogP contribution < -0.4 is 0 Å². The van der Waals surface area contributed by atoms with E-state index >= 15 is 0 Å². The fourth-order valence-corrected chi connectivity index (χ4v) is 3.01. The Balaban J connectivity index is 3.25. The molecule has 4 atom stereocenters. The van der Waals surface area contributed by atoms with Gasteiger partial charge in [-0.3, -0.25) is 19.2 Å². The molecule has 1 heterocycles. The molecule has 0 aliphatic carbocycles. The summed E-state index contributed by atoms with van der Waals surface area (Å²) in [4.78, 5) is 72.7. The number of amides is 1. The van der Waals surface area contributed by atoms with E-state index < -0.39 is 60.1 Å². The highest BCUT2D eigenvalue weighted by atomic mass is 16.6. The van der Waals surface area contributed by atoms with Gasteiger partial charge in [-0.1, -0.05) is 0 Å². The van der Waals surface area contributed by atoms with Crippen LogP contribution in [-0.2, 0) is 52.5 Å². The van der Waals surface area contributed by atoms with Crippen molar-refractivity contribution in [2.24, 2.45) is 0 Å². The number of nitrogens with zero attached hydrogens (tertiary/aromatic N) is 1. The molecule has 0 unspecified atom stereocenters. The van der Waals surface area contributed by atoms with E-state index in [9.17, 15) is 28.8 Å². The highest BCUT2D eigenvalue weighted by Gasteiger charge is 2.47. The SMILES string of the molecule is COC(=O)[C@@H](OC(C)=O)[C@H](OC(C)=O)C(=O)N1CC[C@@H](OC(C)=O)C[C@H]1C(=O)OC. The van der Waals surface area contributed by atoms with Crippen LogP contribution in [0.5, 0.6) is 0 Å². The number of esters is 5. The third-order valence-corrected chi connectivity index (χ3v) is 4.18. The minimum absolute atomic E-state index is 0.0682. The fraction of sp³-hybridized carbons (Fsp3) is 0.667. The molecule has 0 aromatic carbocycles. The summed E-state index contributed by atoms with van der Waals surface area (Å²) < 4.78 is 24.2. The minimum atomic E-state index is -1.89. The summed E-state index contributed by atoms with van der Waals surface area (Å²) in [7, 11) is 2.11. The van der Waals surface area contributed by atoms with Crippen molar-refractivity contribution in [3.05, 3.63) is 0 Å². The Morgan fingerprint density at radius 3 is 1.87 bits per heavy atom. The molecule has 1 saturated heterocycles. The highest BCUT2D eigenvalue weighted by Crippen LogP contribution is 2.24. The molecular formula is C18H25NO11. The van der Waals surface area contributed by atoms with Gasteiger partial charge in [-0.25, -0.2) is 9.59 Å². The summed E-state index contributed by atoms with van der Waals surface area (Å²) in [5, 5.41) is 0. The second-order valence-electron chi connectivity index (χ2n) is 6.41. The van der Waals surface area contributed by atoms with Crippen LogP contribution in [0.1, 0.15) is 33.6 Å². The lowest BCUT2D eigenvalue weighted by atomic mass is 9.97. The van der Waals surface area contributed by atoms with E-state index in [0.717, 1.165) is 33.0 Å². The zero-order chi connectivity index (χ0) is 23.0. The van der Waals surface area contributed by atoms with Crippen molar-refractivity contribution in [2.75, 3.05) is 20.8 Å². The molecule has 1 aliphatic heterocycles. The van der Waals surface area contributed by atoms with Gasteiger partial charge in [0.25, 0.3) is 5.91 Å². The average Bonchev–Trinajstić information content (AvgIpc) is 2.67. The summed E-state index contributed by atoms with van der Waals surface area (Å²) in [6.45, 7) is 3.12. The van der Waals surface area contributed by atoms with Gasteiger partial charge in [-0.05, 0) is 0 Å². The van der Waals surface area contributed by atoms with Crippen LogP contribution in [0, 0.1) is 0 Å². The first-order valence-electron chi connectivity index (χ1n) is 8.99. The fourth-order valence-electron chi connectivity index (χ4n) is 3.01. The second-order valence-corrected chi connectivity index (χ2v) is 6.41. The van der Waals surface area contributed by atoms with Gasteiger partial charge < -0.3 is 28.6 Å². The highest BCUT2D eigenvalue weighted by molar-refractivity contribution is 5.94. The van der Waals surface area contributed by atoms with Gasteiger partial charge in [0.1, 0.15) is 12.1 Å². The van der Waals surface area contributed by atoms with Crippen LogP contribution in [0.15, 0.2) is 0 Å². The average molecular weight is 431 g/mol. The van der Waals surface area contributed by atoms with Crippen molar-refractivity contribution >= 4 is 35.8 Å². The van der Waals surface area contributed by atoms with E-state index in [2.05, 4.69) is 4.74 Å². The quantitative estimate of drug-likeness (QED) is 0.365. The van der Waals surface area contributed by atoms with Crippen molar-refractivity contribution in [1.29, 1.82) is 0 Å². The number of methoxy groups -OCH3 is 2. The molecule has 0 N–H and O–H groups in total. The summed E-state index contributed by atoms with van der Waals surface area (Å²) in [6.07, 6.45) is -4.30. The molecule has 168 valence electrons. The third-order valence-electron chi connectivity index (χ3n) is 4.18. The third kappa shape index (κ3) is 6.71. The van der Waals surface area contributed by atoms with E-state index in [1.807, 2.05) is 0 Å². The summed E-state index contributed by atoms with van der Waals surface area (Å²) in [5.41, 5.74) is 0. The first kappa shape index (κ1) is 24.9. The molecule has 1 amide bonds. The molecule has 1 rings (SSSR count). The van der Waals surface area contributed by atoms with Gasteiger partial charge in [0.15, 0.2) is 0 Å². The first-order valence-corrected chi connectivity index (χ1v) is 8.99. The van der Waals surface area contributed by atoms with E-state index in [1.165, 1.54) is 6.92 Å². The Morgan fingerprint density at radius 1 is 0.833 bits per heavy atom. The van der Waals surface area contributed by atoms with Gasteiger partial charge in [0, 0.05) is 40.2 Å². The zero-order valence-electron chi connectivity index (χ0n) is 17.4. The molecule has 12 heteroatoms. The number of rotatable bonds is 7. The molecule has 0 aromatic rings. The molecule has 0 radical (unpaired) electrons. The normalized spacial score (nSPS) is 20.2. The molecule has 0 spiro atoms. The molecule has 1 aliphatic rings. The number of carbonyl (C=O) groups is 6. The molecule has 0 aromatic heterocycles. The summed E-state index contributed by atoms with van der Waals surface area (Å²) in [5.74, 6) is -5.31. The molecule has 0 saturated carbocycles. The van der Waals surface area contributed by atoms with Crippen molar-refractivity contribution in [3.63, 3.8) is 0 Å². The van der Waals surface area contributed by atoms with E-state index in [-0.39, 0.29) is 19.4 Å². The van der Waals surface area contributed by atoms with Crippen LogP contribution in [0.2, 0.25) is 0 Å². The first-order chi connectivity index (χ1) is 14.0. The van der Waals surface area contributed by atoms with Crippen LogP contribution in [0.3, 0.4) is 0 Å². The second kappa shape index (κ2) is 11.1. The number of ether oxygens (including phenoxy) is 5. The van der Waals surface area contributed by atoms with Crippen molar-refractivity contribution in [2.45, 2.75) is 58.0 Å². The van der Waals surface area contributed by atoms with Crippen LogP contribution in [0.25, 0.3) is 0 Å². The molecule has 0 bridgehead atoms. The predicted molar refractivity (Wildman–Crippen MR) is 95.4 cm³/mol. The standard InChI is InChI=1S/C18H25NO11/c1-9(20)28-12-6-7-19(13(8-12)17(24)26-4)16(23)14(29-10(2)21)15(18(25)27-5)30-11(3)22/h12-15H,6-8H2,1-5H3/t12-,13+,14+,15+/m1/s1. The Labute approximate surface area is 172 Å². The van der Waals surface area contributed by atoms with Gasteiger partial charge in [-0.2, -0.15) is 0 Å². The molecule has 1 fully saturated rings. The van der Waals surface area contributed by atoms with Crippen molar-refractivity contribution in [3.8, 4) is 0 Å². The Kier molecular flexibility index (Phi) is 9.21. The van der Waals surface area contributed by atoms with E-state index in [4.69, 9.17) is 18.9 Å². The maximum atomic E-state index is 13.2. The number of carbonyl (C=O) groups excluding carboxylic acids is 6. The summed E-state index contributed by atoms with van der Waals surface area (Å²) in [6, 6.07) is -1.19. The van der Waals surface area contributed by atoms with Crippen LogP contribution in [0.4, 0.5) is 0 Å². The maximum absolute atomic E-state index is 13.2. The number of hydrogen-bond donors (Lipinski definition) is 0. The van der Waals surface area contributed by atoms with Crippen molar-refractivity contribution < 1.29 is 52.5 Å². The smallest absolute Gasteiger partial charge is 0.351 e. The van der Waals surface area contributed by atoms with Gasteiger partial charge in [0.2, 0.25) is 12.2 Å². The monoisotopic (exact) mass is 431 g/mol. The maximum Gasteiger partial charge on any atom is 0.351 e. The van der Waals surface area contributed by atoms with Crippen LogP contribution >= 0.6 is 0 Å². The topological polar surface area (TPSA) is 152 Å². The number of likely N-dealkylation sites (tertiary alicyclic amines) is 1. The Hall–Kier alpha value is -3.18. The minimum Gasteiger partial charge on any atom is -0.467 e. The lowest BCUT2D eigenvalue weighted by molar-refractivity contribution is -0.188. The van der Waals surface area contributed by atoms with E-state index in [1.54, 1.807) is 0 Å². The zero-order valence-corrected chi connectivity index (χ0v) is 17.4. The number of hydrogen-bond acceptors (Lipinski definition) is 11. The van der Waals surface area contributed by atoms with Gasteiger partial charge >= 0.3 is 29.8 Å². The predicted octanol–water partition coefficient (Wildman–Crippen LogP) is -0.881. The largest absolute Gasteiger partial charge is 0.467 e. The summed E-state index contributed by atoms with van der Waals surface area (Å²) >= 11 is 0. The van der Waals surface area contributed by atoms with Gasteiger partial charge in [-0.15, -0.1) is 0 Å². The lowest BCUT2D eigenvalue weighted by Gasteiger charge is -2.39. The van der Waals surface area contributed by atoms with Crippen LogP contribution in [-0.4, -0.2) is 85.8 Å².